The summed E-state index contributed by atoms with van der Waals surface area (Å²) in [6, 6.07) is 7.92. The molecule has 4 heteroatoms. The SMILES string of the molecule is FC(F)(F)C1(c2ccccc2)COC1. The Hall–Kier alpha value is -1.03. The fourth-order valence-corrected chi connectivity index (χ4v) is 1.56. The lowest BCUT2D eigenvalue weighted by molar-refractivity contribution is -0.262. The third kappa shape index (κ3) is 1.21. The van der Waals surface area contributed by atoms with Crippen molar-refractivity contribution >= 4 is 0 Å². The van der Waals surface area contributed by atoms with Gasteiger partial charge in [-0.3, -0.25) is 0 Å². The Labute approximate surface area is 79.5 Å². The maximum atomic E-state index is 12.8. The predicted octanol–water partition coefficient (Wildman–Crippen LogP) is 2.52. The molecule has 1 aromatic carbocycles. The van der Waals surface area contributed by atoms with E-state index in [9.17, 15) is 13.2 Å². The number of hydrogen-bond donors (Lipinski definition) is 0. The van der Waals surface area contributed by atoms with E-state index in [-0.39, 0.29) is 13.2 Å². The molecule has 1 aromatic rings. The summed E-state index contributed by atoms with van der Waals surface area (Å²) in [5.74, 6) is 0. The molecular formula is C10H9F3O. The van der Waals surface area contributed by atoms with Gasteiger partial charge in [-0.2, -0.15) is 13.2 Å². The molecule has 0 spiro atoms. The van der Waals surface area contributed by atoms with Crippen molar-refractivity contribution in [2.45, 2.75) is 11.6 Å². The largest absolute Gasteiger partial charge is 0.402 e. The molecule has 0 amide bonds. The van der Waals surface area contributed by atoms with E-state index >= 15 is 0 Å². The Morgan fingerprint density at radius 1 is 1.07 bits per heavy atom. The van der Waals surface area contributed by atoms with Gasteiger partial charge < -0.3 is 4.74 Å². The first kappa shape index (κ1) is 9.52. The van der Waals surface area contributed by atoms with Gasteiger partial charge >= 0.3 is 6.18 Å². The average Bonchev–Trinajstić information content (AvgIpc) is 2.01. The van der Waals surface area contributed by atoms with E-state index in [2.05, 4.69) is 0 Å². The first-order valence-electron chi connectivity index (χ1n) is 4.26. The van der Waals surface area contributed by atoms with Crippen molar-refractivity contribution in [3.8, 4) is 0 Å². The maximum Gasteiger partial charge on any atom is 0.402 e. The molecular weight excluding hydrogens is 193 g/mol. The molecule has 0 aromatic heterocycles. The molecule has 0 atom stereocenters. The van der Waals surface area contributed by atoms with Crippen molar-refractivity contribution in [2.75, 3.05) is 13.2 Å². The zero-order valence-corrected chi connectivity index (χ0v) is 7.34. The Morgan fingerprint density at radius 3 is 2.00 bits per heavy atom. The summed E-state index contributed by atoms with van der Waals surface area (Å²) >= 11 is 0. The molecule has 0 saturated carbocycles. The molecule has 1 saturated heterocycles. The van der Waals surface area contributed by atoms with Crippen molar-refractivity contribution in [1.29, 1.82) is 0 Å². The Bertz CT molecular complexity index is 314. The molecule has 14 heavy (non-hydrogen) atoms. The second-order valence-corrected chi connectivity index (χ2v) is 3.44. The molecule has 0 aliphatic carbocycles. The average molecular weight is 202 g/mol. The lowest BCUT2D eigenvalue weighted by Crippen LogP contribution is -2.57. The molecule has 2 rings (SSSR count). The van der Waals surface area contributed by atoms with E-state index in [1.54, 1.807) is 18.2 Å². The van der Waals surface area contributed by atoms with Crippen molar-refractivity contribution in [2.24, 2.45) is 0 Å². The van der Waals surface area contributed by atoms with Gasteiger partial charge in [0.15, 0.2) is 0 Å². The fourth-order valence-electron chi connectivity index (χ4n) is 1.56. The minimum atomic E-state index is -4.23. The zero-order chi connectivity index (χ0) is 10.2. The van der Waals surface area contributed by atoms with Crippen LogP contribution in [0.15, 0.2) is 30.3 Å². The third-order valence-electron chi connectivity index (χ3n) is 2.57. The summed E-state index contributed by atoms with van der Waals surface area (Å²) in [5, 5.41) is 0. The lowest BCUT2D eigenvalue weighted by atomic mass is 9.78. The highest BCUT2D eigenvalue weighted by Crippen LogP contribution is 2.46. The van der Waals surface area contributed by atoms with Crippen LogP contribution in [-0.4, -0.2) is 19.4 Å². The summed E-state index contributed by atoms with van der Waals surface area (Å²) in [6.07, 6.45) is -4.23. The Kier molecular flexibility index (Phi) is 2.03. The van der Waals surface area contributed by atoms with Gasteiger partial charge in [-0.25, -0.2) is 0 Å². The third-order valence-corrected chi connectivity index (χ3v) is 2.57. The van der Waals surface area contributed by atoms with Crippen molar-refractivity contribution in [1.82, 2.24) is 0 Å². The van der Waals surface area contributed by atoms with Crippen LogP contribution in [0.4, 0.5) is 13.2 Å². The van der Waals surface area contributed by atoms with Crippen LogP contribution < -0.4 is 0 Å². The number of ether oxygens (including phenoxy) is 1. The van der Waals surface area contributed by atoms with Gasteiger partial charge in [-0.05, 0) is 5.56 Å². The Morgan fingerprint density at radius 2 is 1.64 bits per heavy atom. The lowest BCUT2D eigenvalue weighted by Gasteiger charge is -2.42. The molecule has 0 unspecified atom stereocenters. The maximum absolute atomic E-state index is 12.8. The minimum Gasteiger partial charge on any atom is -0.379 e. The zero-order valence-electron chi connectivity index (χ0n) is 7.34. The number of alkyl halides is 3. The molecule has 1 heterocycles. The highest BCUT2D eigenvalue weighted by Gasteiger charge is 2.60. The van der Waals surface area contributed by atoms with Crippen molar-refractivity contribution in [3.05, 3.63) is 35.9 Å². The number of hydrogen-bond acceptors (Lipinski definition) is 1. The van der Waals surface area contributed by atoms with Gasteiger partial charge in [0.2, 0.25) is 0 Å². The summed E-state index contributed by atoms with van der Waals surface area (Å²) < 4.78 is 43.0. The van der Waals surface area contributed by atoms with E-state index in [0.29, 0.717) is 5.56 Å². The topological polar surface area (TPSA) is 9.23 Å². The quantitative estimate of drug-likeness (QED) is 0.679. The molecule has 76 valence electrons. The van der Waals surface area contributed by atoms with E-state index in [1.807, 2.05) is 0 Å². The van der Waals surface area contributed by atoms with Crippen LogP contribution >= 0.6 is 0 Å². The predicted molar refractivity (Wildman–Crippen MR) is 45.0 cm³/mol. The molecule has 0 N–H and O–H groups in total. The van der Waals surface area contributed by atoms with Crippen LogP contribution in [0.5, 0.6) is 0 Å². The van der Waals surface area contributed by atoms with Gasteiger partial charge in [-0.1, -0.05) is 30.3 Å². The molecule has 1 fully saturated rings. The first-order valence-corrected chi connectivity index (χ1v) is 4.26. The van der Waals surface area contributed by atoms with Crippen LogP contribution in [0, 0.1) is 0 Å². The van der Waals surface area contributed by atoms with Crippen LogP contribution in [0.3, 0.4) is 0 Å². The standard InChI is InChI=1S/C10H9F3O/c11-10(12,13)9(6-14-7-9)8-4-2-1-3-5-8/h1-5H,6-7H2. The summed E-state index contributed by atoms with van der Waals surface area (Å²) in [7, 11) is 0. The van der Waals surface area contributed by atoms with Gasteiger partial charge in [0.1, 0.15) is 5.41 Å². The highest BCUT2D eigenvalue weighted by molar-refractivity contribution is 5.30. The van der Waals surface area contributed by atoms with E-state index < -0.39 is 11.6 Å². The van der Waals surface area contributed by atoms with Crippen LogP contribution in [0.1, 0.15) is 5.56 Å². The smallest absolute Gasteiger partial charge is 0.379 e. The molecule has 1 aliphatic heterocycles. The second-order valence-electron chi connectivity index (χ2n) is 3.44. The van der Waals surface area contributed by atoms with Gasteiger partial charge in [-0.15, -0.1) is 0 Å². The molecule has 0 bridgehead atoms. The van der Waals surface area contributed by atoms with Gasteiger partial charge in [0, 0.05) is 0 Å². The monoisotopic (exact) mass is 202 g/mol. The Balaban J connectivity index is 2.39. The summed E-state index contributed by atoms with van der Waals surface area (Å²) in [4.78, 5) is 0. The normalized spacial score (nSPS) is 20.2. The molecule has 1 nitrogen and oxygen atoms in total. The second kappa shape index (κ2) is 2.98. The number of benzene rings is 1. The van der Waals surface area contributed by atoms with E-state index in [1.165, 1.54) is 12.1 Å². The van der Waals surface area contributed by atoms with Crippen LogP contribution in [-0.2, 0) is 10.2 Å². The van der Waals surface area contributed by atoms with Gasteiger partial charge in [0.25, 0.3) is 0 Å². The number of halogens is 3. The molecule has 1 aliphatic rings. The van der Waals surface area contributed by atoms with E-state index in [4.69, 9.17) is 4.74 Å². The van der Waals surface area contributed by atoms with Gasteiger partial charge in [0.05, 0.1) is 13.2 Å². The number of rotatable bonds is 1. The van der Waals surface area contributed by atoms with E-state index in [0.717, 1.165) is 0 Å². The first-order chi connectivity index (χ1) is 6.56. The van der Waals surface area contributed by atoms with Crippen molar-refractivity contribution < 1.29 is 17.9 Å². The molecule has 0 radical (unpaired) electrons. The van der Waals surface area contributed by atoms with Crippen LogP contribution in [0.25, 0.3) is 0 Å². The highest BCUT2D eigenvalue weighted by atomic mass is 19.4. The summed E-state index contributed by atoms with van der Waals surface area (Å²) in [5.41, 5.74) is -1.48. The van der Waals surface area contributed by atoms with Crippen molar-refractivity contribution in [3.63, 3.8) is 0 Å². The minimum absolute atomic E-state index is 0.263. The fraction of sp³-hybridized carbons (Fsp3) is 0.400. The summed E-state index contributed by atoms with van der Waals surface area (Å²) in [6.45, 7) is -0.527. The van der Waals surface area contributed by atoms with Crippen LogP contribution in [0.2, 0.25) is 0 Å².